The van der Waals surface area contributed by atoms with Crippen molar-refractivity contribution in [3.63, 3.8) is 0 Å². The molecule has 190 valence electrons. The van der Waals surface area contributed by atoms with E-state index in [9.17, 15) is 18.0 Å². The molecule has 2 aromatic rings. The Morgan fingerprint density at radius 1 is 1.20 bits per heavy atom. The van der Waals surface area contributed by atoms with Crippen molar-refractivity contribution in [1.82, 2.24) is 20.2 Å². The quantitative estimate of drug-likeness (QED) is 0.601. The van der Waals surface area contributed by atoms with Gasteiger partial charge in [0.15, 0.2) is 5.01 Å². The molecule has 2 amide bonds. The Hall–Kier alpha value is -2.53. The minimum absolute atomic E-state index is 0.0687. The number of thiazole rings is 1. The molecular formula is C24H33N5O4S2. The average molecular weight is 520 g/mol. The summed E-state index contributed by atoms with van der Waals surface area (Å²) < 4.78 is 23.4. The summed E-state index contributed by atoms with van der Waals surface area (Å²) in [6.07, 6.45) is 4.39. The number of sulfone groups is 1. The lowest BCUT2D eigenvalue weighted by atomic mass is 10.1. The molecule has 35 heavy (non-hydrogen) atoms. The van der Waals surface area contributed by atoms with E-state index in [2.05, 4.69) is 20.6 Å². The number of pyridine rings is 1. The van der Waals surface area contributed by atoms with Crippen LogP contribution in [0.5, 0.6) is 0 Å². The zero-order valence-corrected chi connectivity index (χ0v) is 22.3. The van der Waals surface area contributed by atoms with Crippen LogP contribution in [0.4, 0.5) is 5.82 Å². The maximum absolute atomic E-state index is 13.5. The summed E-state index contributed by atoms with van der Waals surface area (Å²) in [5.74, 6) is 0.334. The predicted octanol–water partition coefficient (Wildman–Crippen LogP) is 3.27. The number of carbonyl (C=O) groups is 2. The Balaban J connectivity index is 1.65. The second-order valence-corrected chi connectivity index (χ2v) is 13.1. The minimum atomic E-state index is -3.02. The number of anilines is 1. The number of amides is 2. The molecule has 0 unspecified atom stereocenters. The second kappa shape index (κ2) is 10.2. The Kier molecular flexibility index (Phi) is 7.46. The van der Waals surface area contributed by atoms with Crippen molar-refractivity contribution in [3.05, 3.63) is 28.5 Å². The summed E-state index contributed by atoms with van der Waals surface area (Å²) in [6.45, 7) is 8.73. The van der Waals surface area contributed by atoms with E-state index in [1.165, 1.54) is 11.3 Å². The van der Waals surface area contributed by atoms with Gasteiger partial charge >= 0.3 is 0 Å². The van der Waals surface area contributed by atoms with E-state index in [-0.39, 0.29) is 52.1 Å². The number of hydrogen-bond acceptors (Lipinski definition) is 8. The van der Waals surface area contributed by atoms with Crippen molar-refractivity contribution in [2.24, 2.45) is 0 Å². The van der Waals surface area contributed by atoms with Gasteiger partial charge in [0.05, 0.1) is 16.4 Å². The average Bonchev–Trinajstić information content (AvgIpc) is 3.41. The maximum atomic E-state index is 13.5. The van der Waals surface area contributed by atoms with Crippen molar-refractivity contribution >= 4 is 38.8 Å². The summed E-state index contributed by atoms with van der Waals surface area (Å²) in [4.78, 5) is 38.1. The fourth-order valence-corrected chi connectivity index (χ4v) is 7.09. The molecular weight excluding hydrogens is 486 g/mol. The normalized spacial score (nSPS) is 20.3. The fourth-order valence-electron chi connectivity index (χ4n) is 4.57. The van der Waals surface area contributed by atoms with Crippen molar-refractivity contribution in [1.29, 1.82) is 0 Å². The smallest absolute Gasteiger partial charge is 0.280 e. The fraction of sp³-hybridized carbons (Fsp3) is 0.583. The standard InChI is InChI=1S/C24H33N5O4S2/c1-14(2)26-19-12-15(3)18(13-25-19)21-20(24(31)29-9-5-6-16(29)4)28-23(34-21)22(30)27-17-7-10-35(32,33)11-8-17/h12-14,16-17H,5-11H2,1-4H3,(H,25,26)(H,27,30)/t16-/m0/s1. The zero-order valence-electron chi connectivity index (χ0n) is 20.6. The van der Waals surface area contributed by atoms with Gasteiger partial charge in [0.1, 0.15) is 21.3 Å². The monoisotopic (exact) mass is 519 g/mol. The van der Waals surface area contributed by atoms with Crippen LogP contribution in [0.2, 0.25) is 0 Å². The van der Waals surface area contributed by atoms with Crippen LogP contribution in [-0.4, -0.2) is 71.3 Å². The van der Waals surface area contributed by atoms with E-state index < -0.39 is 9.84 Å². The van der Waals surface area contributed by atoms with E-state index in [0.717, 1.165) is 29.8 Å². The van der Waals surface area contributed by atoms with Gasteiger partial charge in [0.2, 0.25) is 0 Å². The molecule has 1 atom stereocenters. The SMILES string of the molecule is Cc1cc(NC(C)C)ncc1-c1sc(C(=O)NC2CCS(=O)(=O)CC2)nc1C(=O)N1CCC[C@@H]1C. The van der Waals surface area contributed by atoms with Crippen LogP contribution in [0.25, 0.3) is 10.4 Å². The van der Waals surface area contributed by atoms with Gasteiger partial charge in [-0.2, -0.15) is 0 Å². The molecule has 0 spiro atoms. The second-order valence-electron chi connectivity index (χ2n) is 9.77. The van der Waals surface area contributed by atoms with E-state index >= 15 is 0 Å². The lowest BCUT2D eigenvalue weighted by Gasteiger charge is -2.22. The highest BCUT2D eigenvalue weighted by molar-refractivity contribution is 7.91. The molecule has 2 fully saturated rings. The van der Waals surface area contributed by atoms with Gasteiger partial charge in [-0.15, -0.1) is 11.3 Å². The van der Waals surface area contributed by atoms with Crippen LogP contribution in [0, 0.1) is 6.92 Å². The van der Waals surface area contributed by atoms with E-state index in [1.54, 1.807) is 6.20 Å². The number of aromatic nitrogens is 2. The van der Waals surface area contributed by atoms with Gasteiger partial charge in [0.25, 0.3) is 11.8 Å². The highest BCUT2D eigenvalue weighted by Crippen LogP contribution is 2.35. The summed E-state index contributed by atoms with van der Waals surface area (Å²) >= 11 is 1.18. The Bertz CT molecular complexity index is 1210. The predicted molar refractivity (Wildman–Crippen MR) is 138 cm³/mol. The molecule has 4 heterocycles. The third-order valence-corrected chi connectivity index (χ3v) is 9.32. The number of likely N-dealkylation sites (tertiary alicyclic amines) is 1. The number of carbonyl (C=O) groups excluding carboxylic acids is 2. The van der Waals surface area contributed by atoms with Gasteiger partial charge in [-0.05, 0) is 65.0 Å². The van der Waals surface area contributed by atoms with E-state index in [4.69, 9.17) is 0 Å². The molecule has 2 aromatic heterocycles. The van der Waals surface area contributed by atoms with Gasteiger partial charge < -0.3 is 15.5 Å². The van der Waals surface area contributed by atoms with Crippen LogP contribution in [0.15, 0.2) is 12.3 Å². The molecule has 9 nitrogen and oxygen atoms in total. The van der Waals surface area contributed by atoms with Crippen LogP contribution in [0.3, 0.4) is 0 Å². The number of nitrogens with one attached hydrogen (secondary N) is 2. The summed E-state index contributed by atoms with van der Waals surface area (Å²) in [5, 5.41) is 6.40. The van der Waals surface area contributed by atoms with Crippen LogP contribution in [0.1, 0.15) is 72.3 Å². The maximum Gasteiger partial charge on any atom is 0.280 e. The Labute approximate surface area is 210 Å². The van der Waals surface area contributed by atoms with E-state index in [0.29, 0.717) is 24.3 Å². The Morgan fingerprint density at radius 2 is 1.91 bits per heavy atom. The number of rotatable bonds is 6. The van der Waals surface area contributed by atoms with Crippen LogP contribution >= 0.6 is 11.3 Å². The van der Waals surface area contributed by atoms with Crippen molar-refractivity contribution in [3.8, 4) is 10.4 Å². The summed E-state index contributed by atoms with van der Waals surface area (Å²) in [5.41, 5.74) is 1.98. The lowest BCUT2D eigenvalue weighted by Crippen LogP contribution is -2.40. The molecule has 0 saturated carbocycles. The number of aryl methyl sites for hydroxylation is 1. The lowest BCUT2D eigenvalue weighted by molar-refractivity contribution is 0.0743. The topological polar surface area (TPSA) is 121 Å². The highest BCUT2D eigenvalue weighted by atomic mass is 32.2. The molecule has 2 saturated heterocycles. The van der Waals surface area contributed by atoms with Gasteiger partial charge in [-0.25, -0.2) is 18.4 Å². The number of hydrogen-bond donors (Lipinski definition) is 2. The third-order valence-electron chi connectivity index (χ3n) is 6.52. The first-order chi connectivity index (χ1) is 16.5. The van der Waals surface area contributed by atoms with Gasteiger partial charge in [0, 0.05) is 36.4 Å². The molecule has 0 aliphatic carbocycles. The summed E-state index contributed by atoms with van der Waals surface area (Å²) in [7, 11) is -3.02. The molecule has 0 radical (unpaired) electrons. The highest BCUT2D eigenvalue weighted by Gasteiger charge is 2.32. The van der Waals surface area contributed by atoms with Crippen molar-refractivity contribution < 1.29 is 18.0 Å². The van der Waals surface area contributed by atoms with Gasteiger partial charge in [-0.1, -0.05) is 0 Å². The van der Waals surface area contributed by atoms with Crippen LogP contribution in [-0.2, 0) is 9.84 Å². The minimum Gasteiger partial charge on any atom is -0.368 e. The molecule has 0 aromatic carbocycles. The first-order valence-corrected chi connectivity index (χ1v) is 14.7. The first-order valence-electron chi connectivity index (χ1n) is 12.1. The van der Waals surface area contributed by atoms with Crippen molar-refractivity contribution in [2.75, 3.05) is 23.4 Å². The first kappa shape index (κ1) is 25.6. The van der Waals surface area contributed by atoms with Crippen molar-refractivity contribution in [2.45, 2.75) is 71.5 Å². The Morgan fingerprint density at radius 3 is 2.51 bits per heavy atom. The molecule has 0 bridgehead atoms. The molecule has 11 heteroatoms. The largest absolute Gasteiger partial charge is 0.368 e. The third kappa shape index (κ3) is 5.83. The molecule has 2 aliphatic heterocycles. The molecule has 4 rings (SSSR count). The molecule has 2 N–H and O–H groups in total. The zero-order chi connectivity index (χ0) is 25.3. The van der Waals surface area contributed by atoms with Gasteiger partial charge in [-0.3, -0.25) is 9.59 Å². The van der Waals surface area contributed by atoms with E-state index in [1.807, 2.05) is 38.7 Å². The molecule has 2 aliphatic rings. The van der Waals surface area contributed by atoms with Crippen LogP contribution < -0.4 is 10.6 Å². The number of nitrogens with zero attached hydrogens (tertiary/aromatic N) is 3. The summed E-state index contributed by atoms with van der Waals surface area (Å²) in [6, 6.07) is 2.07.